The lowest BCUT2D eigenvalue weighted by atomic mass is 9.88. The van der Waals surface area contributed by atoms with Crippen molar-refractivity contribution in [3.05, 3.63) is 45.8 Å². The van der Waals surface area contributed by atoms with E-state index >= 15 is 0 Å². The molecule has 0 radical (unpaired) electrons. The van der Waals surface area contributed by atoms with Crippen molar-refractivity contribution in [3.63, 3.8) is 0 Å². The van der Waals surface area contributed by atoms with Crippen molar-refractivity contribution in [2.45, 2.75) is 57.1 Å². The predicted molar refractivity (Wildman–Crippen MR) is 123 cm³/mol. The smallest absolute Gasteiger partial charge is 0.256 e. The van der Waals surface area contributed by atoms with E-state index in [0.29, 0.717) is 35.1 Å². The summed E-state index contributed by atoms with van der Waals surface area (Å²) in [5.74, 6) is 0.217. The fourth-order valence-corrected chi connectivity index (χ4v) is 7.33. The van der Waals surface area contributed by atoms with E-state index in [9.17, 15) is 18.5 Å². The molecule has 1 aliphatic carbocycles. The molecule has 1 aromatic heterocycles. The van der Waals surface area contributed by atoms with Crippen LogP contribution in [0.2, 0.25) is 0 Å². The molecule has 1 fully saturated rings. The highest BCUT2D eigenvalue weighted by molar-refractivity contribution is 7.89. The number of carbonyl (C=O) groups is 1. The van der Waals surface area contributed by atoms with E-state index in [0.717, 1.165) is 24.8 Å². The molecule has 1 amide bonds. The molecule has 0 bridgehead atoms. The first-order valence-electron chi connectivity index (χ1n) is 10.8. The van der Waals surface area contributed by atoms with Crippen LogP contribution in [0.15, 0.2) is 29.2 Å². The van der Waals surface area contributed by atoms with Crippen LogP contribution >= 0.6 is 11.3 Å². The van der Waals surface area contributed by atoms with Gasteiger partial charge in [-0.25, -0.2) is 8.42 Å². The Labute approximate surface area is 193 Å². The van der Waals surface area contributed by atoms with E-state index in [-0.39, 0.29) is 23.0 Å². The Morgan fingerprint density at radius 1 is 1.19 bits per heavy atom. The van der Waals surface area contributed by atoms with Gasteiger partial charge in [0.15, 0.2) is 0 Å². The number of fused-ring (bicyclic) bond motifs is 1. The van der Waals surface area contributed by atoms with Gasteiger partial charge in [-0.1, -0.05) is 6.92 Å². The predicted octanol–water partition coefficient (Wildman–Crippen LogP) is 3.79. The number of anilines is 1. The number of hydrogen-bond acceptors (Lipinski definition) is 6. The molecule has 1 aromatic carbocycles. The summed E-state index contributed by atoms with van der Waals surface area (Å²) in [6, 6.07) is 8.19. The van der Waals surface area contributed by atoms with Crippen LogP contribution in [0.4, 0.5) is 5.00 Å². The molecular weight excluding hydrogens is 446 g/mol. The zero-order valence-electron chi connectivity index (χ0n) is 18.4. The highest BCUT2D eigenvalue weighted by atomic mass is 32.2. The van der Waals surface area contributed by atoms with Crippen LogP contribution in [0.25, 0.3) is 0 Å². The van der Waals surface area contributed by atoms with E-state index in [1.54, 1.807) is 0 Å². The van der Waals surface area contributed by atoms with E-state index in [1.165, 1.54) is 44.8 Å². The first-order valence-corrected chi connectivity index (χ1v) is 13.1. The zero-order valence-corrected chi connectivity index (χ0v) is 20.1. The molecule has 2 aromatic rings. The molecule has 7 nitrogen and oxygen atoms in total. The first-order chi connectivity index (χ1) is 15.2. The van der Waals surface area contributed by atoms with Crippen LogP contribution in [0, 0.1) is 17.2 Å². The fraction of sp³-hybridized carbons (Fsp3) is 0.478. The quantitative estimate of drug-likeness (QED) is 0.728. The number of benzene rings is 1. The molecule has 170 valence electrons. The Bertz CT molecular complexity index is 1160. The second-order valence-corrected chi connectivity index (χ2v) is 11.8. The van der Waals surface area contributed by atoms with Crippen LogP contribution in [0.5, 0.6) is 0 Å². The van der Waals surface area contributed by atoms with Gasteiger partial charge in [0, 0.05) is 23.5 Å². The minimum Gasteiger partial charge on any atom is -0.373 e. The molecule has 1 aliphatic heterocycles. The van der Waals surface area contributed by atoms with Crippen LogP contribution in [-0.2, 0) is 27.6 Å². The SMILES string of the molecule is CC1CCc2c(sc(NC(=O)c3ccc(S(=O)(=O)N4CC(C)OC(C)C4)cc3)c2C#N)C1. The van der Waals surface area contributed by atoms with E-state index in [2.05, 4.69) is 18.3 Å². The number of carbonyl (C=O) groups excluding carboxylic acids is 1. The molecule has 2 heterocycles. The standard InChI is InChI=1S/C23H27N3O4S2/c1-14-4-9-19-20(11-24)23(31-21(19)10-14)25-22(27)17-5-7-18(8-6-17)32(28,29)26-12-15(2)30-16(3)13-26/h5-8,14-16H,4,9-10,12-13H2,1-3H3,(H,25,27). The number of amides is 1. The molecule has 3 unspecified atom stereocenters. The number of rotatable bonds is 4. The van der Waals surface area contributed by atoms with E-state index in [1.807, 2.05) is 13.8 Å². The number of nitrogens with zero attached hydrogens (tertiary/aromatic N) is 2. The summed E-state index contributed by atoms with van der Waals surface area (Å²) in [7, 11) is -3.67. The summed E-state index contributed by atoms with van der Waals surface area (Å²) in [5, 5.41) is 13.1. The van der Waals surface area contributed by atoms with Gasteiger partial charge in [0.05, 0.1) is 22.7 Å². The zero-order chi connectivity index (χ0) is 23.0. The summed E-state index contributed by atoms with van der Waals surface area (Å²) in [6.07, 6.45) is 2.48. The maximum atomic E-state index is 13.0. The van der Waals surface area contributed by atoms with E-state index in [4.69, 9.17) is 4.74 Å². The third-order valence-corrected chi connectivity index (χ3v) is 9.01. The number of thiophene rings is 1. The van der Waals surface area contributed by atoms with Crippen molar-refractivity contribution in [3.8, 4) is 6.07 Å². The Hall–Kier alpha value is -2.25. The molecule has 2 aliphatic rings. The van der Waals surface area contributed by atoms with Gasteiger partial charge in [0.1, 0.15) is 11.1 Å². The van der Waals surface area contributed by atoms with Crippen LogP contribution in [0.1, 0.15) is 53.6 Å². The van der Waals surface area contributed by atoms with Crippen LogP contribution in [-0.4, -0.2) is 43.9 Å². The maximum Gasteiger partial charge on any atom is 0.256 e. The third-order valence-electron chi connectivity index (χ3n) is 5.99. The van der Waals surface area contributed by atoms with Gasteiger partial charge in [-0.3, -0.25) is 4.79 Å². The Balaban J connectivity index is 1.51. The lowest BCUT2D eigenvalue weighted by molar-refractivity contribution is -0.0440. The van der Waals surface area contributed by atoms with Gasteiger partial charge >= 0.3 is 0 Å². The topological polar surface area (TPSA) is 99.5 Å². The lowest BCUT2D eigenvalue weighted by Crippen LogP contribution is -2.48. The lowest BCUT2D eigenvalue weighted by Gasteiger charge is -2.34. The average molecular weight is 474 g/mol. The van der Waals surface area contributed by atoms with Gasteiger partial charge in [-0.2, -0.15) is 9.57 Å². The van der Waals surface area contributed by atoms with Crippen molar-refractivity contribution >= 4 is 32.3 Å². The second kappa shape index (κ2) is 8.94. The Morgan fingerprint density at radius 3 is 2.47 bits per heavy atom. The van der Waals surface area contributed by atoms with Crippen molar-refractivity contribution in [1.82, 2.24) is 4.31 Å². The summed E-state index contributed by atoms with van der Waals surface area (Å²) < 4.78 is 33.1. The van der Waals surface area contributed by atoms with E-state index < -0.39 is 10.0 Å². The number of nitrogens with one attached hydrogen (secondary N) is 1. The van der Waals surface area contributed by atoms with Crippen molar-refractivity contribution in [2.75, 3.05) is 18.4 Å². The monoisotopic (exact) mass is 473 g/mol. The minimum absolute atomic E-state index is 0.147. The van der Waals surface area contributed by atoms with Crippen LogP contribution in [0.3, 0.4) is 0 Å². The van der Waals surface area contributed by atoms with Gasteiger partial charge in [0.25, 0.3) is 5.91 Å². The summed E-state index contributed by atoms with van der Waals surface area (Å²) in [5.41, 5.74) is 1.96. The van der Waals surface area contributed by atoms with Gasteiger partial charge in [0.2, 0.25) is 10.0 Å². The summed E-state index contributed by atoms with van der Waals surface area (Å²) in [4.78, 5) is 14.1. The van der Waals surface area contributed by atoms with Gasteiger partial charge in [-0.15, -0.1) is 11.3 Å². The molecule has 1 N–H and O–H groups in total. The minimum atomic E-state index is -3.67. The largest absolute Gasteiger partial charge is 0.373 e. The van der Waals surface area contributed by atoms with Gasteiger partial charge in [-0.05, 0) is 68.9 Å². The number of ether oxygens (including phenoxy) is 1. The molecule has 0 spiro atoms. The molecule has 32 heavy (non-hydrogen) atoms. The normalized spacial score (nSPS) is 23.9. The number of nitriles is 1. The van der Waals surface area contributed by atoms with Crippen molar-refractivity contribution < 1.29 is 17.9 Å². The number of hydrogen-bond donors (Lipinski definition) is 1. The summed E-state index contributed by atoms with van der Waals surface area (Å²) >= 11 is 1.47. The second-order valence-electron chi connectivity index (χ2n) is 8.73. The average Bonchev–Trinajstić information content (AvgIpc) is 3.08. The number of morpholine rings is 1. The van der Waals surface area contributed by atoms with Crippen molar-refractivity contribution in [2.24, 2.45) is 5.92 Å². The fourth-order valence-electron chi connectivity index (χ4n) is 4.39. The molecular formula is C23H27N3O4S2. The molecule has 1 saturated heterocycles. The molecule has 4 rings (SSSR count). The third kappa shape index (κ3) is 4.46. The highest BCUT2D eigenvalue weighted by Crippen LogP contribution is 2.39. The number of sulfonamides is 1. The highest BCUT2D eigenvalue weighted by Gasteiger charge is 2.32. The molecule has 3 atom stereocenters. The Morgan fingerprint density at radius 2 is 1.84 bits per heavy atom. The van der Waals surface area contributed by atoms with Crippen molar-refractivity contribution in [1.29, 1.82) is 5.26 Å². The van der Waals surface area contributed by atoms with Crippen LogP contribution < -0.4 is 5.32 Å². The summed E-state index contributed by atoms with van der Waals surface area (Å²) in [6.45, 7) is 6.50. The molecule has 0 saturated carbocycles. The maximum absolute atomic E-state index is 13.0. The van der Waals surface area contributed by atoms with Gasteiger partial charge < -0.3 is 10.1 Å². The molecule has 9 heteroatoms. The first kappa shape index (κ1) is 22.9. The Kier molecular flexibility index (Phi) is 6.41.